The maximum atomic E-state index is 14.3. The zero-order valence-electron chi connectivity index (χ0n) is 19.6. The third kappa shape index (κ3) is 5.37. The minimum absolute atomic E-state index is 0.104. The predicted molar refractivity (Wildman–Crippen MR) is 123 cm³/mol. The predicted octanol–water partition coefficient (Wildman–Crippen LogP) is 5.69. The zero-order valence-corrected chi connectivity index (χ0v) is 19.6. The quantitative estimate of drug-likeness (QED) is 0.627. The Bertz CT molecular complexity index is 702. The smallest absolute Gasteiger partial charge is 0.125 e. The van der Waals surface area contributed by atoms with E-state index in [1.54, 1.807) is 12.1 Å². The number of anilines is 1. The SMILES string of the molecule is CC1(C)CC(c2ccc(F)cc2N2CCN(CC3CCOCC3)CC2)CC(C)(C)C1. The van der Waals surface area contributed by atoms with Crippen molar-refractivity contribution < 1.29 is 9.13 Å². The molecular formula is C26H41FN2O. The number of benzene rings is 1. The van der Waals surface area contributed by atoms with Gasteiger partial charge in [-0.2, -0.15) is 0 Å². The van der Waals surface area contributed by atoms with Crippen molar-refractivity contribution >= 4 is 5.69 Å². The number of piperazine rings is 1. The molecule has 168 valence electrons. The maximum Gasteiger partial charge on any atom is 0.125 e. The first-order valence-corrected chi connectivity index (χ1v) is 12.1. The molecule has 4 rings (SSSR count). The van der Waals surface area contributed by atoms with Crippen molar-refractivity contribution in [3.8, 4) is 0 Å². The molecule has 3 nitrogen and oxygen atoms in total. The van der Waals surface area contributed by atoms with Gasteiger partial charge in [0.25, 0.3) is 0 Å². The fraction of sp³-hybridized carbons (Fsp3) is 0.769. The lowest BCUT2D eigenvalue weighted by Crippen LogP contribution is -2.48. The van der Waals surface area contributed by atoms with E-state index in [9.17, 15) is 4.39 Å². The summed E-state index contributed by atoms with van der Waals surface area (Å²) >= 11 is 0. The minimum Gasteiger partial charge on any atom is -0.381 e. The molecule has 0 N–H and O–H groups in total. The van der Waals surface area contributed by atoms with Gasteiger partial charge >= 0.3 is 0 Å². The van der Waals surface area contributed by atoms with E-state index in [1.807, 2.05) is 0 Å². The number of ether oxygens (including phenoxy) is 1. The molecule has 1 aromatic carbocycles. The Morgan fingerprint density at radius 1 is 0.967 bits per heavy atom. The molecule has 0 bridgehead atoms. The highest BCUT2D eigenvalue weighted by molar-refractivity contribution is 5.56. The summed E-state index contributed by atoms with van der Waals surface area (Å²) in [7, 11) is 0. The van der Waals surface area contributed by atoms with Gasteiger partial charge in [0.1, 0.15) is 5.82 Å². The fourth-order valence-electron chi connectivity index (χ4n) is 6.67. The summed E-state index contributed by atoms with van der Waals surface area (Å²) in [6.07, 6.45) is 6.04. The summed E-state index contributed by atoms with van der Waals surface area (Å²) in [6.45, 7) is 16.8. The molecule has 2 heterocycles. The van der Waals surface area contributed by atoms with Gasteiger partial charge < -0.3 is 9.64 Å². The second-order valence-corrected chi connectivity index (χ2v) is 11.7. The molecule has 0 unspecified atom stereocenters. The molecule has 1 saturated carbocycles. The summed E-state index contributed by atoms with van der Waals surface area (Å²) < 4.78 is 19.8. The first-order chi connectivity index (χ1) is 14.2. The first-order valence-electron chi connectivity index (χ1n) is 12.1. The number of hydrogen-bond acceptors (Lipinski definition) is 3. The van der Waals surface area contributed by atoms with Crippen LogP contribution < -0.4 is 4.90 Å². The molecule has 4 heteroatoms. The van der Waals surface area contributed by atoms with Gasteiger partial charge in [0, 0.05) is 51.6 Å². The van der Waals surface area contributed by atoms with Crippen LogP contribution in [0.25, 0.3) is 0 Å². The third-order valence-electron chi connectivity index (χ3n) is 7.56. The molecule has 0 atom stereocenters. The zero-order chi connectivity index (χ0) is 21.4. The summed E-state index contributed by atoms with van der Waals surface area (Å²) in [5.74, 6) is 1.19. The van der Waals surface area contributed by atoms with Gasteiger partial charge in [-0.25, -0.2) is 4.39 Å². The lowest BCUT2D eigenvalue weighted by Gasteiger charge is -2.46. The van der Waals surface area contributed by atoms with Gasteiger partial charge in [-0.15, -0.1) is 0 Å². The number of halogens is 1. The van der Waals surface area contributed by atoms with E-state index in [1.165, 1.54) is 44.2 Å². The van der Waals surface area contributed by atoms with Crippen molar-refractivity contribution in [2.45, 2.75) is 65.7 Å². The van der Waals surface area contributed by atoms with Crippen LogP contribution in [0.3, 0.4) is 0 Å². The van der Waals surface area contributed by atoms with Crippen molar-refractivity contribution in [2.75, 3.05) is 50.8 Å². The summed E-state index contributed by atoms with van der Waals surface area (Å²) in [6, 6.07) is 5.56. The molecule has 1 aliphatic carbocycles. The summed E-state index contributed by atoms with van der Waals surface area (Å²) in [4.78, 5) is 5.06. The van der Waals surface area contributed by atoms with E-state index < -0.39 is 0 Å². The maximum absolute atomic E-state index is 14.3. The van der Waals surface area contributed by atoms with Crippen molar-refractivity contribution in [3.05, 3.63) is 29.6 Å². The van der Waals surface area contributed by atoms with Crippen molar-refractivity contribution in [1.82, 2.24) is 4.90 Å². The first kappa shape index (κ1) is 22.1. The Balaban J connectivity index is 1.46. The average Bonchev–Trinajstić information content (AvgIpc) is 2.67. The van der Waals surface area contributed by atoms with Crippen LogP contribution in [0.1, 0.15) is 71.3 Å². The van der Waals surface area contributed by atoms with Crippen LogP contribution in [0.5, 0.6) is 0 Å². The van der Waals surface area contributed by atoms with Crippen molar-refractivity contribution in [1.29, 1.82) is 0 Å². The standard InChI is InChI=1S/C26H41FN2O/c1-25(2)16-21(17-26(3,4)19-25)23-6-5-22(27)15-24(23)29-11-9-28(10-12-29)18-20-7-13-30-14-8-20/h5-6,15,20-21H,7-14,16-19H2,1-4H3. The Morgan fingerprint density at radius 2 is 1.60 bits per heavy atom. The largest absolute Gasteiger partial charge is 0.381 e. The molecule has 0 amide bonds. The molecule has 30 heavy (non-hydrogen) atoms. The molecule has 3 aliphatic rings. The van der Waals surface area contributed by atoms with E-state index >= 15 is 0 Å². The lowest BCUT2D eigenvalue weighted by molar-refractivity contribution is 0.0517. The highest BCUT2D eigenvalue weighted by Gasteiger charge is 2.40. The number of hydrogen-bond donors (Lipinski definition) is 0. The van der Waals surface area contributed by atoms with E-state index in [0.29, 0.717) is 16.7 Å². The molecule has 0 radical (unpaired) electrons. The van der Waals surface area contributed by atoms with Crippen LogP contribution in [-0.2, 0) is 4.74 Å². The van der Waals surface area contributed by atoms with Crippen LogP contribution in [0.15, 0.2) is 18.2 Å². The molecular weight excluding hydrogens is 375 g/mol. The van der Waals surface area contributed by atoms with Gasteiger partial charge in [-0.1, -0.05) is 33.8 Å². The Kier molecular flexibility index (Phi) is 6.46. The van der Waals surface area contributed by atoms with Gasteiger partial charge in [0.05, 0.1) is 0 Å². The van der Waals surface area contributed by atoms with Gasteiger partial charge in [-0.3, -0.25) is 4.90 Å². The van der Waals surface area contributed by atoms with Crippen LogP contribution in [-0.4, -0.2) is 50.8 Å². The Morgan fingerprint density at radius 3 is 2.23 bits per heavy atom. The molecule has 2 aliphatic heterocycles. The van der Waals surface area contributed by atoms with Crippen LogP contribution in [0.2, 0.25) is 0 Å². The highest BCUT2D eigenvalue weighted by atomic mass is 19.1. The Labute approximate surface area is 183 Å². The van der Waals surface area contributed by atoms with Gasteiger partial charge in [0.2, 0.25) is 0 Å². The fourth-order valence-corrected chi connectivity index (χ4v) is 6.67. The van der Waals surface area contributed by atoms with Crippen molar-refractivity contribution in [3.63, 3.8) is 0 Å². The average molecular weight is 417 g/mol. The van der Waals surface area contributed by atoms with E-state index in [0.717, 1.165) is 51.0 Å². The second-order valence-electron chi connectivity index (χ2n) is 11.7. The van der Waals surface area contributed by atoms with E-state index in [-0.39, 0.29) is 5.82 Å². The molecule has 1 aromatic rings. The van der Waals surface area contributed by atoms with Crippen LogP contribution >= 0.6 is 0 Å². The van der Waals surface area contributed by atoms with E-state index in [4.69, 9.17) is 4.74 Å². The third-order valence-corrected chi connectivity index (χ3v) is 7.56. The monoisotopic (exact) mass is 416 g/mol. The van der Waals surface area contributed by atoms with Gasteiger partial charge in [0.15, 0.2) is 0 Å². The Hall–Kier alpha value is -1.13. The summed E-state index contributed by atoms with van der Waals surface area (Å²) in [5.41, 5.74) is 3.19. The topological polar surface area (TPSA) is 15.7 Å². The number of nitrogens with zero attached hydrogens (tertiary/aromatic N) is 2. The molecule has 2 saturated heterocycles. The van der Waals surface area contributed by atoms with E-state index in [2.05, 4.69) is 43.6 Å². The van der Waals surface area contributed by atoms with Gasteiger partial charge in [-0.05, 0) is 72.5 Å². The van der Waals surface area contributed by atoms with Crippen LogP contribution in [0.4, 0.5) is 10.1 Å². The molecule has 3 fully saturated rings. The minimum atomic E-state index is -0.104. The number of rotatable bonds is 4. The second kappa shape index (κ2) is 8.78. The highest BCUT2D eigenvalue weighted by Crippen LogP contribution is 2.53. The van der Waals surface area contributed by atoms with Crippen LogP contribution in [0, 0.1) is 22.6 Å². The lowest BCUT2D eigenvalue weighted by atomic mass is 9.60. The summed E-state index contributed by atoms with van der Waals surface area (Å²) in [5, 5.41) is 0. The molecule has 0 spiro atoms. The normalized spacial score (nSPS) is 26.1. The van der Waals surface area contributed by atoms with Crippen molar-refractivity contribution in [2.24, 2.45) is 16.7 Å². The molecule has 0 aromatic heterocycles.